The molecule has 1 aliphatic heterocycles. The Kier molecular flexibility index (Phi) is 6.70. The lowest BCUT2D eigenvalue weighted by Gasteiger charge is -2.31. The van der Waals surface area contributed by atoms with Crippen LogP contribution in [-0.2, 0) is 21.4 Å². The lowest BCUT2D eigenvalue weighted by atomic mass is 10.1. The summed E-state index contributed by atoms with van der Waals surface area (Å²) in [5.74, 6) is -0.114. The number of benzene rings is 3. The number of amides is 1. The predicted octanol–water partition coefficient (Wildman–Crippen LogP) is 5.55. The van der Waals surface area contributed by atoms with Crippen LogP contribution < -0.4 is 9.62 Å². The van der Waals surface area contributed by atoms with Gasteiger partial charge in [-0.05, 0) is 42.8 Å². The van der Waals surface area contributed by atoms with Gasteiger partial charge in [0.05, 0.1) is 29.9 Å². The van der Waals surface area contributed by atoms with Crippen LogP contribution in [0.4, 0.5) is 11.4 Å². The average molecular weight is 537 g/mol. The monoisotopic (exact) mass is 536 g/mol. The van der Waals surface area contributed by atoms with E-state index in [1.807, 2.05) is 43.3 Å². The zero-order valence-electron chi connectivity index (χ0n) is 19.2. The van der Waals surface area contributed by atoms with Crippen LogP contribution in [0.3, 0.4) is 0 Å². The molecule has 0 saturated carbocycles. The Balaban J connectivity index is 1.40. The molecule has 7 nitrogen and oxygen atoms in total. The molecule has 1 amide bonds. The molecule has 5 rings (SSSR count). The fourth-order valence-electron chi connectivity index (χ4n) is 3.84. The summed E-state index contributed by atoms with van der Waals surface area (Å²) in [6.07, 6.45) is 1.32. The van der Waals surface area contributed by atoms with Crippen molar-refractivity contribution in [2.24, 2.45) is 0 Å². The van der Waals surface area contributed by atoms with Gasteiger partial charge in [-0.15, -0.1) is 0 Å². The lowest BCUT2D eigenvalue weighted by molar-refractivity contribution is -0.113. The van der Waals surface area contributed by atoms with E-state index >= 15 is 0 Å². The molecular formula is C26H21ClN4O3S2. The maximum Gasteiger partial charge on any atom is 0.268 e. The van der Waals surface area contributed by atoms with E-state index in [-0.39, 0.29) is 23.1 Å². The van der Waals surface area contributed by atoms with Crippen molar-refractivity contribution >= 4 is 50.7 Å². The maximum atomic E-state index is 13.6. The average Bonchev–Trinajstić information content (AvgIpc) is 2.88. The van der Waals surface area contributed by atoms with E-state index in [1.165, 1.54) is 10.5 Å². The van der Waals surface area contributed by atoms with Crippen LogP contribution in [0, 0.1) is 6.92 Å². The molecule has 2 heterocycles. The third-order valence-corrected chi connectivity index (χ3v) is 8.51. The number of aryl methyl sites for hydroxylation is 1. The van der Waals surface area contributed by atoms with Crippen molar-refractivity contribution in [3.05, 3.63) is 95.1 Å². The highest BCUT2D eigenvalue weighted by atomic mass is 35.5. The largest absolute Gasteiger partial charge is 0.325 e. The molecule has 0 fully saturated rings. The molecular weight excluding hydrogens is 516 g/mol. The molecule has 0 bridgehead atoms. The Bertz CT molecular complexity index is 1540. The molecule has 3 aromatic carbocycles. The van der Waals surface area contributed by atoms with Crippen LogP contribution >= 0.6 is 23.4 Å². The summed E-state index contributed by atoms with van der Waals surface area (Å²) in [6.45, 7) is 2.12. The summed E-state index contributed by atoms with van der Waals surface area (Å²) < 4.78 is 28.5. The number of halogens is 1. The van der Waals surface area contributed by atoms with Crippen LogP contribution in [0.25, 0.3) is 11.3 Å². The summed E-state index contributed by atoms with van der Waals surface area (Å²) in [5.41, 5.74) is 4.16. The number of thioether (sulfide) groups is 1. The molecule has 1 aromatic heterocycles. The van der Waals surface area contributed by atoms with Crippen molar-refractivity contribution < 1.29 is 13.2 Å². The van der Waals surface area contributed by atoms with E-state index in [2.05, 4.69) is 15.3 Å². The summed E-state index contributed by atoms with van der Waals surface area (Å²) in [7, 11) is -3.91. The third kappa shape index (κ3) is 4.95. The Hall–Kier alpha value is -3.40. The number of nitrogens with one attached hydrogen (secondary N) is 1. The first-order valence-corrected chi connectivity index (χ1v) is 13.8. The summed E-state index contributed by atoms with van der Waals surface area (Å²) in [5, 5.41) is 3.74. The molecule has 0 spiro atoms. The number of nitrogens with zero attached hydrogens (tertiary/aromatic N) is 3. The number of carbonyl (C=O) groups excluding carboxylic acids is 1. The number of anilines is 2. The smallest absolute Gasteiger partial charge is 0.268 e. The minimum absolute atomic E-state index is 0.0311. The van der Waals surface area contributed by atoms with Crippen molar-refractivity contribution in [3.63, 3.8) is 0 Å². The van der Waals surface area contributed by atoms with E-state index in [0.29, 0.717) is 32.8 Å². The number of fused-ring (bicyclic) bond motifs is 3. The second-order valence-corrected chi connectivity index (χ2v) is 11.4. The Morgan fingerprint density at radius 3 is 2.50 bits per heavy atom. The normalized spacial score (nSPS) is 13.6. The van der Waals surface area contributed by atoms with E-state index in [0.717, 1.165) is 22.9 Å². The number of hydrogen-bond acceptors (Lipinski definition) is 6. The first kappa shape index (κ1) is 24.3. The van der Waals surface area contributed by atoms with Gasteiger partial charge in [-0.25, -0.2) is 18.4 Å². The highest BCUT2D eigenvalue weighted by molar-refractivity contribution is 7.99. The van der Waals surface area contributed by atoms with Crippen molar-refractivity contribution in [1.29, 1.82) is 0 Å². The number of aromatic nitrogens is 2. The van der Waals surface area contributed by atoms with E-state index in [4.69, 9.17) is 11.6 Å². The molecule has 182 valence electrons. The van der Waals surface area contributed by atoms with Crippen molar-refractivity contribution in [1.82, 2.24) is 9.97 Å². The molecule has 36 heavy (non-hydrogen) atoms. The van der Waals surface area contributed by atoms with E-state index in [1.54, 1.807) is 36.4 Å². The SMILES string of the molecule is Cc1ccc(NC(=O)CSc2ncc3c(n2)-c2ccccc2N(Cc2ccc(Cl)cc2)S3(=O)=O)cc1. The second kappa shape index (κ2) is 9.93. The minimum Gasteiger partial charge on any atom is -0.325 e. The van der Waals surface area contributed by atoms with Crippen molar-refractivity contribution in [3.8, 4) is 11.3 Å². The predicted molar refractivity (Wildman–Crippen MR) is 143 cm³/mol. The van der Waals surface area contributed by atoms with Crippen LogP contribution in [0.1, 0.15) is 11.1 Å². The van der Waals surface area contributed by atoms with Crippen LogP contribution in [0.5, 0.6) is 0 Å². The number of hydrogen-bond donors (Lipinski definition) is 1. The number of carbonyl (C=O) groups is 1. The van der Waals surface area contributed by atoms with Crippen LogP contribution in [-0.4, -0.2) is 30.0 Å². The Morgan fingerprint density at radius 1 is 1.03 bits per heavy atom. The molecule has 0 aliphatic carbocycles. The molecule has 1 aliphatic rings. The highest BCUT2D eigenvalue weighted by Crippen LogP contribution is 2.42. The van der Waals surface area contributed by atoms with Gasteiger partial charge >= 0.3 is 0 Å². The lowest BCUT2D eigenvalue weighted by Crippen LogP contribution is -2.34. The molecule has 0 unspecified atom stereocenters. The van der Waals surface area contributed by atoms with Gasteiger partial charge < -0.3 is 5.32 Å². The van der Waals surface area contributed by atoms with E-state index in [9.17, 15) is 13.2 Å². The third-order valence-electron chi connectivity index (χ3n) is 5.64. The topological polar surface area (TPSA) is 92.3 Å². The maximum absolute atomic E-state index is 13.6. The first-order valence-electron chi connectivity index (χ1n) is 11.0. The summed E-state index contributed by atoms with van der Waals surface area (Å²) >= 11 is 7.14. The van der Waals surface area contributed by atoms with Crippen molar-refractivity contribution in [2.45, 2.75) is 23.5 Å². The fraction of sp³-hybridized carbons (Fsp3) is 0.115. The van der Waals surface area contributed by atoms with Gasteiger partial charge in [-0.3, -0.25) is 9.10 Å². The zero-order valence-corrected chi connectivity index (χ0v) is 21.6. The molecule has 0 radical (unpaired) electrons. The highest BCUT2D eigenvalue weighted by Gasteiger charge is 2.36. The minimum atomic E-state index is -3.91. The quantitative estimate of drug-likeness (QED) is 0.257. The first-order chi connectivity index (χ1) is 17.3. The Labute approximate surface area is 218 Å². The molecule has 1 N–H and O–H groups in total. The second-order valence-electron chi connectivity index (χ2n) is 8.22. The van der Waals surface area contributed by atoms with Gasteiger partial charge in [-0.1, -0.05) is 71.4 Å². The van der Waals surface area contributed by atoms with Gasteiger partial charge in [0, 0.05) is 16.3 Å². The van der Waals surface area contributed by atoms with Gasteiger partial charge in [-0.2, -0.15) is 0 Å². The Morgan fingerprint density at radius 2 is 1.75 bits per heavy atom. The number of rotatable bonds is 6. The number of sulfonamides is 1. The molecule has 0 saturated heterocycles. The standard InChI is InChI=1S/C26H21ClN4O3S2/c1-17-6-12-20(13-7-17)29-24(32)16-35-26-28-14-23-25(30-26)21-4-2-3-5-22(21)31(36(23,33)34)15-18-8-10-19(27)11-9-18/h2-14H,15-16H2,1H3,(H,29,32). The van der Waals surface area contributed by atoms with Gasteiger partial charge in [0.25, 0.3) is 10.0 Å². The number of para-hydroxylation sites is 1. The van der Waals surface area contributed by atoms with Gasteiger partial charge in [0.1, 0.15) is 4.90 Å². The fourth-order valence-corrected chi connectivity index (χ4v) is 6.14. The molecule has 10 heteroatoms. The summed E-state index contributed by atoms with van der Waals surface area (Å²) in [4.78, 5) is 21.2. The van der Waals surface area contributed by atoms with E-state index < -0.39 is 10.0 Å². The van der Waals surface area contributed by atoms with Gasteiger partial charge in [0.15, 0.2) is 5.16 Å². The van der Waals surface area contributed by atoms with Crippen LogP contribution in [0.2, 0.25) is 5.02 Å². The summed E-state index contributed by atoms with van der Waals surface area (Å²) in [6, 6.07) is 21.8. The van der Waals surface area contributed by atoms with Gasteiger partial charge in [0.2, 0.25) is 5.91 Å². The zero-order chi connectivity index (χ0) is 25.3. The molecule has 4 aromatic rings. The van der Waals surface area contributed by atoms with Crippen LogP contribution in [0.15, 0.2) is 89.0 Å². The van der Waals surface area contributed by atoms with Crippen molar-refractivity contribution in [2.75, 3.05) is 15.4 Å². The molecule has 0 atom stereocenters.